The zero-order valence-electron chi connectivity index (χ0n) is 20.0. The van der Waals surface area contributed by atoms with Gasteiger partial charge in [0.15, 0.2) is 11.5 Å². The predicted octanol–water partition coefficient (Wildman–Crippen LogP) is 5.68. The molecule has 38 heavy (non-hydrogen) atoms. The zero-order valence-corrected chi connectivity index (χ0v) is 20.7. The first-order valence-corrected chi connectivity index (χ1v) is 11.4. The molecule has 0 spiro atoms. The van der Waals surface area contributed by atoms with Crippen LogP contribution in [-0.2, 0) is 0 Å². The number of nitrogens with one attached hydrogen (secondary N) is 1. The first-order chi connectivity index (χ1) is 18.2. The van der Waals surface area contributed by atoms with Crippen molar-refractivity contribution in [3.63, 3.8) is 0 Å². The van der Waals surface area contributed by atoms with Crippen molar-refractivity contribution in [2.75, 3.05) is 13.2 Å². The summed E-state index contributed by atoms with van der Waals surface area (Å²) in [7, 11) is 0. The molecule has 0 bridgehead atoms. The molecule has 3 aromatic rings. The molecular formula is C25H21ClN4O8. The highest BCUT2D eigenvalue weighted by molar-refractivity contribution is 6.30. The van der Waals surface area contributed by atoms with E-state index in [0.717, 1.165) is 18.2 Å². The summed E-state index contributed by atoms with van der Waals surface area (Å²) in [6.45, 7) is 6.02. The number of rotatable bonds is 12. The highest BCUT2D eigenvalue weighted by Crippen LogP contribution is 2.36. The average molecular weight is 541 g/mol. The van der Waals surface area contributed by atoms with Crippen LogP contribution in [0.15, 0.2) is 72.4 Å². The lowest BCUT2D eigenvalue weighted by molar-refractivity contribution is -0.394. The van der Waals surface area contributed by atoms with E-state index in [1.54, 1.807) is 19.1 Å². The van der Waals surface area contributed by atoms with Crippen LogP contribution in [-0.4, -0.2) is 35.2 Å². The largest absolute Gasteiger partial charge is 0.490 e. The number of carbonyl (C=O) groups excluding carboxylic acids is 1. The molecule has 0 saturated heterocycles. The molecule has 13 heteroatoms. The predicted molar refractivity (Wildman–Crippen MR) is 140 cm³/mol. The van der Waals surface area contributed by atoms with Crippen molar-refractivity contribution in [3.05, 3.63) is 104 Å². The highest BCUT2D eigenvalue weighted by atomic mass is 35.5. The third-order valence-electron chi connectivity index (χ3n) is 4.77. The number of hydrazone groups is 1. The molecule has 1 N–H and O–H groups in total. The molecule has 12 nitrogen and oxygen atoms in total. The summed E-state index contributed by atoms with van der Waals surface area (Å²) in [6, 6.07) is 12.0. The molecule has 0 aromatic heterocycles. The standard InChI is InChI=1S/C25H21ClN4O8/c1-3-11-37-23-8-5-16(13-24(23)36-4-2)25(31)28-27-15-17-12-18(26)6-9-21(17)38-22-10-7-19(29(32)33)14-20(22)30(34)35/h3,5-10,12-15H,1,4,11H2,2H3,(H,28,31)/b27-15+. The Kier molecular flexibility index (Phi) is 9.32. The molecule has 3 aromatic carbocycles. The molecule has 0 heterocycles. The van der Waals surface area contributed by atoms with Crippen molar-refractivity contribution in [1.82, 2.24) is 5.43 Å². The SMILES string of the molecule is C=CCOc1ccc(C(=O)N/N=C/c2cc(Cl)ccc2Oc2ccc([N+](=O)[O-])cc2[N+](=O)[O-])cc1OCC. The number of nitrogens with zero attached hydrogens (tertiary/aromatic N) is 3. The molecule has 0 aliphatic carbocycles. The smallest absolute Gasteiger partial charge is 0.318 e. The van der Waals surface area contributed by atoms with Crippen LogP contribution in [0.5, 0.6) is 23.0 Å². The number of hydrogen-bond donors (Lipinski definition) is 1. The van der Waals surface area contributed by atoms with E-state index in [1.807, 2.05) is 0 Å². The van der Waals surface area contributed by atoms with Gasteiger partial charge in [-0.15, -0.1) is 0 Å². The molecule has 0 saturated carbocycles. The number of hydrogen-bond acceptors (Lipinski definition) is 9. The summed E-state index contributed by atoms with van der Waals surface area (Å²) in [5.74, 6) is 0.151. The van der Waals surface area contributed by atoms with Crippen molar-refractivity contribution in [1.29, 1.82) is 0 Å². The Morgan fingerprint density at radius 3 is 2.42 bits per heavy atom. The topological polar surface area (TPSA) is 155 Å². The number of benzene rings is 3. The maximum Gasteiger partial charge on any atom is 0.318 e. The first-order valence-electron chi connectivity index (χ1n) is 11.0. The molecular weight excluding hydrogens is 520 g/mol. The van der Waals surface area contributed by atoms with E-state index in [9.17, 15) is 25.0 Å². The summed E-state index contributed by atoms with van der Waals surface area (Å²) < 4.78 is 16.7. The Labute approximate surface area is 221 Å². The number of halogens is 1. The lowest BCUT2D eigenvalue weighted by Crippen LogP contribution is -2.18. The van der Waals surface area contributed by atoms with Gasteiger partial charge in [-0.3, -0.25) is 25.0 Å². The van der Waals surface area contributed by atoms with Gasteiger partial charge in [-0.05, 0) is 49.4 Å². The Hall–Kier alpha value is -4.97. The van der Waals surface area contributed by atoms with Crippen LogP contribution in [0.4, 0.5) is 11.4 Å². The fourth-order valence-electron chi connectivity index (χ4n) is 3.09. The minimum Gasteiger partial charge on any atom is -0.490 e. The van der Waals surface area contributed by atoms with Crippen molar-refractivity contribution in [2.45, 2.75) is 6.92 Å². The van der Waals surface area contributed by atoms with E-state index < -0.39 is 27.1 Å². The molecule has 0 atom stereocenters. The van der Waals surface area contributed by atoms with E-state index >= 15 is 0 Å². The summed E-state index contributed by atoms with van der Waals surface area (Å²) in [5, 5.41) is 26.7. The zero-order chi connectivity index (χ0) is 27.7. The Morgan fingerprint density at radius 1 is 1.00 bits per heavy atom. The van der Waals surface area contributed by atoms with Gasteiger partial charge in [0.1, 0.15) is 12.4 Å². The molecule has 0 aliphatic heterocycles. The van der Waals surface area contributed by atoms with Gasteiger partial charge >= 0.3 is 5.69 Å². The second kappa shape index (κ2) is 12.8. The van der Waals surface area contributed by atoms with Crippen LogP contribution in [0, 0.1) is 20.2 Å². The van der Waals surface area contributed by atoms with Crippen LogP contribution in [0.1, 0.15) is 22.8 Å². The fraction of sp³-hybridized carbons (Fsp3) is 0.120. The molecule has 3 rings (SSSR count). The second-order valence-corrected chi connectivity index (χ2v) is 7.78. The third-order valence-corrected chi connectivity index (χ3v) is 5.01. The molecule has 0 unspecified atom stereocenters. The summed E-state index contributed by atoms with van der Waals surface area (Å²) in [4.78, 5) is 33.5. The van der Waals surface area contributed by atoms with Gasteiger partial charge in [-0.1, -0.05) is 24.3 Å². The minimum atomic E-state index is -0.795. The number of carbonyl (C=O) groups is 1. The Balaban J connectivity index is 1.82. The number of non-ortho nitro benzene ring substituents is 1. The quantitative estimate of drug-likeness (QED) is 0.133. The van der Waals surface area contributed by atoms with E-state index in [2.05, 4.69) is 17.1 Å². The van der Waals surface area contributed by atoms with Crippen LogP contribution >= 0.6 is 11.6 Å². The second-order valence-electron chi connectivity index (χ2n) is 7.34. The van der Waals surface area contributed by atoms with Crippen molar-refractivity contribution >= 4 is 35.1 Å². The van der Waals surface area contributed by atoms with Gasteiger partial charge in [-0.25, -0.2) is 5.43 Å². The van der Waals surface area contributed by atoms with Gasteiger partial charge in [-0.2, -0.15) is 5.10 Å². The normalized spacial score (nSPS) is 10.6. The van der Waals surface area contributed by atoms with Crippen LogP contribution in [0.2, 0.25) is 5.02 Å². The lowest BCUT2D eigenvalue weighted by Gasteiger charge is -2.12. The number of amides is 1. The molecule has 0 fully saturated rings. The maximum atomic E-state index is 12.6. The highest BCUT2D eigenvalue weighted by Gasteiger charge is 2.22. The number of nitro benzene ring substituents is 2. The van der Waals surface area contributed by atoms with Gasteiger partial charge in [0.2, 0.25) is 5.75 Å². The number of ether oxygens (including phenoxy) is 3. The summed E-state index contributed by atoms with van der Waals surface area (Å²) in [5.41, 5.74) is 1.84. The van der Waals surface area contributed by atoms with Crippen LogP contribution in [0.3, 0.4) is 0 Å². The van der Waals surface area contributed by atoms with Crippen LogP contribution < -0.4 is 19.6 Å². The molecule has 0 radical (unpaired) electrons. The molecule has 1 amide bonds. The lowest BCUT2D eigenvalue weighted by atomic mass is 10.2. The van der Waals surface area contributed by atoms with Gasteiger partial charge in [0.05, 0.1) is 28.7 Å². The monoisotopic (exact) mass is 540 g/mol. The van der Waals surface area contributed by atoms with Gasteiger partial charge in [0, 0.05) is 22.2 Å². The van der Waals surface area contributed by atoms with E-state index in [0.29, 0.717) is 23.1 Å². The van der Waals surface area contributed by atoms with Gasteiger partial charge in [0.25, 0.3) is 11.6 Å². The summed E-state index contributed by atoms with van der Waals surface area (Å²) in [6.07, 6.45) is 2.82. The van der Waals surface area contributed by atoms with Crippen LogP contribution in [0.25, 0.3) is 0 Å². The average Bonchev–Trinajstić information content (AvgIpc) is 2.89. The third kappa shape index (κ3) is 7.04. The Morgan fingerprint density at radius 2 is 1.74 bits per heavy atom. The Bertz CT molecular complexity index is 1410. The van der Waals surface area contributed by atoms with E-state index in [4.69, 9.17) is 25.8 Å². The van der Waals surface area contributed by atoms with Crippen molar-refractivity contribution in [2.24, 2.45) is 5.10 Å². The first kappa shape index (κ1) is 27.6. The minimum absolute atomic E-state index is 0.103. The van der Waals surface area contributed by atoms with Crippen molar-refractivity contribution < 1.29 is 28.9 Å². The molecule has 0 aliphatic rings. The van der Waals surface area contributed by atoms with E-state index in [-0.39, 0.29) is 29.2 Å². The molecule has 196 valence electrons. The van der Waals surface area contributed by atoms with E-state index in [1.165, 1.54) is 36.5 Å². The van der Waals surface area contributed by atoms with Crippen molar-refractivity contribution in [3.8, 4) is 23.0 Å². The number of nitro groups is 2. The van der Waals surface area contributed by atoms with Gasteiger partial charge < -0.3 is 14.2 Å². The maximum absolute atomic E-state index is 12.6. The summed E-state index contributed by atoms with van der Waals surface area (Å²) >= 11 is 6.07. The fourth-order valence-corrected chi connectivity index (χ4v) is 3.27.